The number of rotatable bonds is 5. The minimum absolute atomic E-state index is 0.693. The summed E-state index contributed by atoms with van der Waals surface area (Å²) in [6, 6.07) is 13.0. The average molecular weight is 305 g/mol. The first-order valence-corrected chi connectivity index (χ1v) is 6.80. The summed E-state index contributed by atoms with van der Waals surface area (Å²) >= 11 is 5.85. The zero-order valence-electron chi connectivity index (χ0n) is 12.2. The Morgan fingerprint density at radius 1 is 1.05 bits per heavy atom. The molecule has 5 heteroatoms. The first-order chi connectivity index (χ1) is 10.1. The fourth-order valence-corrected chi connectivity index (χ4v) is 1.96. The number of methoxy groups -OCH3 is 2. The van der Waals surface area contributed by atoms with Gasteiger partial charge in [-0.1, -0.05) is 11.6 Å². The van der Waals surface area contributed by atoms with Crippen LogP contribution in [0.3, 0.4) is 0 Å². The maximum atomic E-state index is 5.85. The highest BCUT2D eigenvalue weighted by Crippen LogP contribution is 2.25. The van der Waals surface area contributed by atoms with Gasteiger partial charge in [0.05, 0.1) is 25.6 Å². The molecular formula is C16H17ClN2O2. The van der Waals surface area contributed by atoms with Gasteiger partial charge in [0, 0.05) is 16.7 Å². The molecule has 21 heavy (non-hydrogen) atoms. The van der Waals surface area contributed by atoms with Crippen molar-refractivity contribution in [3.05, 3.63) is 53.1 Å². The Labute approximate surface area is 129 Å². The van der Waals surface area contributed by atoms with Crippen LogP contribution in [0.1, 0.15) is 12.5 Å². The lowest BCUT2D eigenvalue weighted by atomic mass is 10.1. The fourth-order valence-electron chi connectivity index (χ4n) is 1.83. The molecule has 0 atom stereocenters. The van der Waals surface area contributed by atoms with Crippen LogP contribution in [0.4, 0.5) is 5.69 Å². The van der Waals surface area contributed by atoms with E-state index in [9.17, 15) is 0 Å². The van der Waals surface area contributed by atoms with Gasteiger partial charge in [0.2, 0.25) is 0 Å². The van der Waals surface area contributed by atoms with Gasteiger partial charge in [-0.3, -0.25) is 5.43 Å². The predicted octanol–water partition coefficient (Wildman–Crippen LogP) is 4.19. The van der Waals surface area contributed by atoms with E-state index in [1.807, 2.05) is 49.4 Å². The summed E-state index contributed by atoms with van der Waals surface area (Å²) in [5.41, 5.74) is 5.57. The summed E-state index contributed by atoms with van der Waals surface area (Å²) in [5, 5.41) is 5.05. The SMILES string of the molecule is COc1ccc(/C(C)=N\Nc2ccc(Cl)cc2)c(OC)c1. The van der Waals surface area contributed by atoms with Crippen molar-refractivity contribution in [1.29, 1.82) is 0 Å². The number of nitrogens with one attached hydrogen (secondary N) is 1. The molecule has 0 heterocycles. The number of hydrogen-bond acceptors (Lipinski definition) is 4. The molecule has 2 aromatic carbocycles. The molecule has 1 N–H and O–H groups in total. The Morgan fingerprint density at radius 2 is 1.76 bits per heavy atom. The lowest BCUT2D eigenvalue weighted by molar-refractivity contribution is 0.394. The molecule has 0 aliphatic carbocycles. The highest BCUT2D eigenvalue weighted by molar-refractivity contribution is 6.30. The van der Waals surface area contributed by atoms with Gasteiger partial charge >= 0.3 is 0 Å². The third kappa shape index (κ3) is 3.89. The second kappa shape index (κ2) is 6.99. The molecule has 0 saturated heterocycles. The molecule has 2 rings (SSSR count). The van der Waals surface area contributed by atoms with Crippen molar-refractivity contribution in [2.45, 2.75) is 6.92 Å². The molecule has 2 aromatic rings. The monoisotopic (exact) mass is 304 g/mol. The van der Waals surface area contributed by atoms with Crippen LogP contribution in [-0.2, 0) is 0 Å². The summed E-state index contributed by atoms with van der Waals surface area (Å²) in [5.74, 6) is 1.46. The van der Waals surface area contributed by atoms with E-state index in [2.05, 4.69) is 10.5 Å². The standard InChI is InChI=1S/C16H17ClN2O2/c1-11(18-19-13-6-4-12(17)5-7-13)15-9-8-14(20-2)10-16(15)21-3/h4-10,19H,1-3H3/b18-11-. The molecule has 110 valence electrons. The number of ether oxygens (including phenoxy) is 2. The highest BCUT2D eigenvalue weighted by atomic mass is 35.5. The van der Waals surface area contributed by atoms with Crippen molar-refractivity contribution in [1.82, 2.24) is 0 Å². The van der Waals surface area contributed by atoms with Crippen molar-refractivity contribution >= 4 is 23.0 Å². The van der Waals surface area contributed by atoms with E-state index in [1.54, 1.807) is 14.2 Å². The van der Waals surface area contributed by atoms with Crippen LogP contribution in [0.15, 0.2) is 47.6 Å². The maximum absolute atomic E-state index is 5.85. The van der Waals surface area contributed by atoms with Gasteiger partial charge in [-0.15, -0.1) is 0 Å². The van der Waals surface area contributed by atoms with Crippen molar-refractivity contribution in [2.24, 2.45) is 5.10 Å². The largest absolute Gasteiger partial charge is 0.497 e. The fraction of sp³-hybridized carbons (Fsp3) is 0.188. The normalized spacial score (nSPS) is 11.1. The molecule has 0 unspecified atom stereocenters. The number of nitrogens with zero attached hydrogens (tertiary/aromatic N) is 1. The van der Waals surface area contributed by atoms with E-state index in [0.717, 1.165) is 22.7 Å². The van der Waals surface area contributed by atoms with Gasteiger partial charge in [0.1, 0.15) is 11.5 Å². The molecule has 0 aliphatic rings. The minimum Gasteiger partial charge on any atom is -0.497 e. The number of hydrazone groups is 1. The number of hydrogen-bond donors (Lipinski definition) is 1. The van der Waals surface area contributed by atoms with E-state index in [0.29, 0.717) is 10.8 Å². The van der Waals surface area contributed by atoms with Crippen molar-refractivity contribution in [3.63, 3.8) is 0 Å². The van der Waals surface area contributed by atoms with E-state index < -0.39 is 0 Å². The zero-order valence-corrected chi connectivity index (χ0v) is 12.9. The number of halogens is 1. The first-order valence-electron chi connectivity index (χ1n) is 6.42. The molecule has 0 spiro atoms. The van der Waals surface area contributed by atoms with E-state index in [1.165, 1.54) is 0 Å². The first kappa shape index (κ1) is 15.2. The van der Waals surface area contributed by atoms with Crippen molar-refractivity contribution < 1.29 is 9.47 Å². The van der Waals surface area contributed by atoms with Crippen molar-refractivity contribution in [2.75, 3.05) is 19.6 Å². The maximum Gasteiger partial charge on any atom is 0.131 e. The van der Waals surface area contributed by atoms with Crippen LogP contribution in [-0.4, -0.2) is 19.9 Å². The van der Waals surface area contributed by atoms with Gasteiger partial charge in [-0.2, -0.15) is 5.10 Å². The average Bonchev–Trinajstić information content (AvgIpc) is 2.53. The van der Waals surface area contributed by atoms with E-state index >= 15 is 0 Å². The molecule has 0 saturated carbocycles. The van der Waals surface area contributed by atoms with Gasteiger partial charge in [-0.05, 0) is 43.3 Å². The molecule has 0 amide bonds. The Kier molecular flexibility index (Phi) is 5.06. The van der Waals surface area contributed by atoms with Crippen LogP contribution in [0.25, 0.3) is 0 Å². The van der Waals surface area contributed by atoms with E-state index in [-0.39, 0.29) is 0 Å². The smallest absolute Gasteiger partial charge is 0.131 e. The van der Waals surface area contributed by atoms with Crippen molar-refractivity contribution in [3.8, 4) is 11.5 Å². The highest BCUT2D eigenvalue weighted by Gasteiger charge is 2.08. The third-order valence-electron chi connectivity index (χ3n) is 3.00. The second-order valence-electron chi connectivity index (χ2n) is 4.38. The van der Waals surface area contributed by atoms with E-state index in [4.69, 9.17) is 21.1 Å². The summed E-state index contributed by atoms with van der Waals surface area (Å²) in [6.45, 7) is 1.91. The second-order valence-corrected chi connectivity index (χ2v) is 4.82. The van der Waals surface area contributed by atoms with Gasteiger partial charge in [-0.25, -0.2) is 0 Å². The Morgan fingerprint density at radius 3 is 2.38 bits per heavy atom. The number of benzene rings is 2. The molecule has 0 radical (unpaired) electrons. The van der Waals surface area contributed by atoms with Crippen LogP contribution < -0.4 is 14.9 Å². The van der Waals surface area contributed by atoms with Crippen LogP contribution in [0.2, 0.25) is 5.02 Å². The minimum atomic E-state index is 0.693. The van der Waals surface area contributed by atoms with Gasteiger partial charge < -0.3 is 9.47 Å². The molecule has 0 fully saturated rings. The van der Waals surface area contributed by atoms with Crippen LogP contribution in [0.5, 0.6) is 11.5 Å². The summed E-state index contributed by atoms with van der Waals surface area (Å²) < 4.78 is 10.6. The molecule has 0 aliphatic heterocycles. The van der Waals surface area contributed by atoms with Gasteiger partial charge in [0.15, 0.2) is 0 Å². The van der Waals surface area contributed by atoms with Crippen LogP contribution in [0, 0.1) is 0 Å². The lowest BCUT2D eigenvalue weighted by Crippen LogP contribution is -2.02. The lowest BCUT2D eigenvalue weighted by Gasteiger charge is -2.10. The van der Waals surface area contributed by atoms with Gasteiger partial charge in [0.25, 0.3) is 0 Å². The topological polar surface area (TPSA) is 42.8 Å². The Bertz CT molecular complexity index is 639. The predicted molar refractivity (Wildman–Crippen MR) is 86.8 cm³/mol. The summed E-state index contributed by atoms with van der Waals surface area (Å²) in [7, 11) is 3.25. The summed E-state index contributed by atoms with van der Waals surface area (Å²) in [4.78, 5) is 0. The summed E-state index contributed by atoms with van der Waals surface area (Å²) in [6.07, 6.45) is 0. The molecule has 0 bridgehead atoms. The third-order valence-corrected chi connectivity index (χ3v) is 3.25. The Hall–Kier alpha value is -2.20. The Balaban J connectivity index is 2.20. The zero-order chi connectivity index (χ0) is 15.2. The van der Waals surface area contributed by atoms with Crippen LogP contribution >= 0.6 is 11.6 Å². The number of anilines is 1. The molecular weight excluding hydrogens is 288 g/mol. The molecule has 4 nitrogen and oxygen atoms in total. The molecule has 0 aromatic heterocycles. The quantitative estimate of drug-likeness (QED) is 0.665.